The van der Waals surface area contributed by atoms with E-state index in [1.165, 1.54) is 45.6 Å². The third kappa shape index (κ3) is 11.4. The number of rotatable bonds is 5. The van der Waals surface area contributed by atoms with Crippen LogP contribution in [0.3, 0.4) is 0 Å². The van der Waals surface area contributed by atoms with E-state index in [2.05, 4.69) is 24.5 Å². The summed E-state index contributed by atoms with van der Waals surface area (Å²) in [5.41, 5.74) is 0. The van der Waals surface area contributed by atoms with Crippen LogP contribution in [0.25, 0.3) is 0 Å². The molecule has 194 valence electrons. The number of piperidine rings is 1. The molecule has 0 radical (unpaired) electrons. The standard InChI is InChI=1S/C10H15NO2S.C7H14.C5H7NOS.C2H4FNO/c1-2-3-7-9(14-7)8(12)10(13)11-6-4-5-6;1-7-5-3-2-4-6-7;7-5-4-3(8-4)1-2-6-5;1-4-2(3)5/h6-7,9H,2-5H2,1H3,(H,11,13);7H,2-6H2,1H3;3-4H,1-2H2,(H,6,7);1H3,(H,4,5). The molecule has 3 N–H and O–H groups in total. The van der Waals surface area contributed by atoms with Crippen LogP contribution >= 0.6 is 23.5 Å². The fraction of sp³-hybridized carbons (Fsp3) is 0.833. The summed E-state index contributed by atoms with van der Waals surface area (Å²) in [6, 6.07) is 0.292. The van der Waals surface area contributed by atoms with Gasteiger partial charge in [0.25, 0.3) is 5.91 Å². The molecule has 3 aliphatic heterocycles. The number of hydrogen-bond donors (Lipinski definition) is 3. The van der Waals surface area contributed by atoms with E-state index in [9.17, 15) is 18.8 Å². The molecule has 5 aliphatic rings. The molecule has 5 rings (SSSR count). The summed E-state index contributed by atoms with van der Waals surface area (Å²) in [7, 11) is 1.22. The highest BCUT2D eigenvalue weighted by molar-refractivity contribution is 8.08. The topological polar surface area (TPSA) is 104 Å². The SMILES string of the molecule is CC1CCCCC1.CCCC1SC1C(=O)C(=O)NC1CC1.CNC(=O)F.O=C1NCCC2SC12. The summed E-state index contributed by atoms with van der Waals surface area (Å²) in [6.45, 7) is 5.36. The molecule has 3 heterocycles. The van der Waals surface area contributed by atoms with Crippen molar-refractivity contribution in [2.24, 2.45) is 5.92 Å². The lowest BCUT2D eigenvalue weighted by Crippen LogP contribution is -2.35. The van der Waals surface area contributed by atoms with Crippen molar-refractivity contribution in [3.63, 3.8) is 0 Å². The second kappa shape index (κ2) is 15.0. The largest absolute Gasteiger partial charge is 0.397 e. The van der Waals surface area contributed by atoms with Crippen molar-refractivity contribution in [2.75, 3.05) is 13.6 Å². The van der Waals surface area contributed by atoms with Gasteiger partial charge in [0.15, 0.2) is 0 Å². The Balaban J connectivity index is 0.000000174. The van der Waals surface area contributed by atoms with E-state index in [-0.39, 0.29) is 22.8 Å². The van der Waals surface area contributed by atoms with Crippen LogP contribution in [0.4, 0.5) is 9.18 Å². The molecule has 0 bridgehead atoms. The summed E-state index contributed by atoms with van der Waals surface area (Å²) in [6.07, 6.45) is 11.3. The molecule has 0 spiro atoms. The average Bonchev–Trinajstić information content (AvgIpc) is 3.67. The van der Waals surface area contributed by atoms with Gasteiger partial charge in [-0.2, -0.15) is 0 Å². The lowest BCUT2D eigenvalue weighted by Gasteiger charge is -2.15. The molecule has 0 aromatic rings. The highest BCUT2D eigenvalue weighted by atomic mass is 32.2. The van der Waals surface area contributed by atoms with Gasteiger partial charge in [0.2, 0.25) is 11.7 Å². The number of hydrogen-bond acceptors (Lipinski definition) is 6. The summed E-state index contributed by atoms with van der Waals surface area (Å²) >= 11 is 3.43. The molecule has 5 fully saturated rings. The maximum Gasteiger partial charge on any atom is 0.397 e. The Morgan fingerprint density at radius 3 is 2.15 bits per heavy atom. The molecule has 0 aromatic carbocycles. The smallest absolute Gasteiger partial charge is 0.355 e. The first-order valence-electron chi connectivity index (χ1n) is 12.6. The number of Topliss-reactive ketones (excluding diaryl/α,β-unsaturated/α-hetero) is 1. The molecule has 3 amide bonds. The molecule has 0 aromatic heterocycles. The van der Waals surface area contributed by atoms with E-state index in [0.29, 0.717) is 21.8 Å². The third-order valence-electron chi connectivity index (χ3n) is 6.21. The molecule has 4 unspecified atom stereocenters. The number of fused-ring (bicyclic) bond motifs is 1. The Morgan fingerprint density at radius 2 is 1.71 bits per heavy atom. The quantitative estimate of drug-likeness (QED) is 0.220. The van der Waals surface area contributed by atoms with Gasteiger partial charge in [0.05, 0.1) is 10.5 Å². The lowest BCUT2D eigenvalue weighted by atomic mass is 9.91. The molecular weight excluding hydrogens is 477 g/mol. The predicted octanol–water partition coefficient (Wildman–Crippen LogP) is 3.99. The third-order valence-corrected chi connectivity index (χ3v) is 8.97. The second-order valence-corrected chi connectivity index (χ2v) is 12.2. The van der Waals surface area contributed by atoms with Gasteiger partial charge in [0, 0.05) is 30.1 Å². The maximum atomic E-state index is 11.5. The van der Waals surface area contributed by atoms with Gasteiger partial charge in [-0.15, -0.1) is 27.9 Å². The fourth-order valence-corrected chi connectivity index (χ4v) is 5.98. The number of nitrogens with one attached hydrogen (secondary N) is 3. The number of carbonyl (C=O) groups excluding carboxylic acids is 4. The van der Waals surface area contributed by atoms with E-state index in [4.69, 9.17) is 4.79 Å². The normalized spacial score (nSPS) is 28.5. The Bertz CT molecular complexity index is 702. The van der Waals surface area contributed by atoms with Gasteiger partial charge in [-0.25, -0.2) is 4.79 Å². The fourth-order valence-electron chi connectivity index (χ4n) is 3.83. The maximum absolute atomic E-state index is 11.5. The molecular formula is C24H40FN3O4S2. The number of ketones is 1. The molecule has 2 aliphatic carbocycles. The van der Waals surface area contributed by atoms with E-state index < -0.39 is 6.16 Å². The zero-order valence-electron chi connectivity index (χ0n) is 20.6. The van der Waals surface area contributed by atoms with Crippen molar-refractivity contribution in [1.82, 2.24) is 16.0 Å². The van der Waals surface area contributed by atoms with Gasteiger partial charge in [0.1, 0.15) is 0 Å². The van der Waals surface area contributed by atoms with E-state index in [0.717, 1.165) is 38.1 Å². The van der Waals surface area contributed by atoms with Crippen LogP contribution in [0, 0.1) is 5.92 Å². The Labute approximate surface area is 211 Å². The van der Waals surface area contributed by atoms with Crippen LogP contribution in [0.1, 0.15) is 78.1 Å². The van der Waals surface area contributed by atoms with Gasteiger partial charge in [-0.1, -0.05) is 52.4 Å². The monoisotopic (exact) mass is 517 g/mol. The number of thioether (sulfide) groups is 2. The summed E-state index contributed by atoms with van der Waals surface area (Å²) in [5.74, 6) is 0.726. The predicted molar refractivity (Wildman–Crippen MR) is 137 cm³/mol. The van der Waals surface area contributed by atoms with Gasteiger partial charge in [-0.05, 0) is 31.6 Å². The number of halogens is 1. The first-order chi connectivity index (χ1) is 16.3. The zero-order chi connectivity index (χ0) is 25.1. The van der Waals surface area contributed by atoms with Crippen molar-refractivity contribution in [3.05, 3.63) is 0 Å². The van der Waals surface area contributed by atoms with Gasteiger partial charge >= 0.3 is 6.16 Å². The van der Waals surface area contributed by atoms with Crippen molar-refractivity contribution in [2.45, 2.75) is 105 Å². The summed E-state index contributed by atoms with van der Waals surface area (Å²) in [4.78, 5) is 42.6. The minimum Gasteiger partial charge on any atom is -0.355 e. The van der Waals surface area contributed by atoms with E-state index >= 15 is 0 Å². The number of carbonyl (C=O) groups is 4. The van der Waals surface area contributed by atoms with Crippen molar-refractivity contribution < 1.29 is 23.6 Å². The van der Waals surface area contributed by atoms with Crippen molar-refractivity contribution >= 4 is 47.3 Å². The van der Waals surface area contributed by atoms with Gasteiger partial charge < -0.3 is 16.0 Å². The summed E-state index contributed by atoms with van der Waals surface area (Å²) in [5, 5.41) is 8.67. The molecule has 7 nitrogen and oxygen atoms in total. The first kappa shape index (κ1) is 28.9. The lowest BCUT2D eigenvalue weighted by molar-refractivity contribution is -0.137. The molecule has 3 saturated heterocycles. The van der Waals surface area contributed by atoms with Crippen molar-refractivity contribution in [3.8, 4) is 0 Å². The highest BCUT2D eigenvalue weighted by Crippen LogP contribution is 2.45. The van der Waals surface area contributed by atoms with Gasteiger partial charge in [-0.3, -0.25) is 14.4 Å². The van der Waals surface area contributed by atoms with Crippen LogP contribution < -0.4 is 16.0 Å². The second-order valence-electron chi connectivity index (χ2n) is 9.44. The van der Waals surface area contributed by atoms with Crippen LogP contribution in [-0.2, 0) is 14.4 Å². The molecule has 2 saturated carbocycles. The highest BCUT2D eigenvalue weighted by Gasteiger charge is 2.47. The number of amides is 3. The van der Waals surface area contributed by atoms with E-state index in [1.54, 1.807) is 28.8 Å². The van der Waals surface area contributed by atoms with Crippen LogP contribution in [-0.4, -0.2) is 64.4 Å². The molecule has 10 heteroatoms. The Morgan fingerprint density at radius 1 is 1.06 bits per heavy atom. The minimum absolute atomic E-state index is 0.0336. The van der Waals surface area contributed by atoms with Crippen LogP contribution in [0.2, 0.25) is 0 Å². The molecule has 34 heavy (non-hydrogen) atoms. The Hall–Kier alpha value is -1.29. The van der Waals surface area contributed by atoms with E-state index in [1.807, 2.05) is 0 Å². The van der Waals surface area contributed by atoms with Crippen LogP contribution in [0.15, 0.2) is 0 Å². The van der Waals surface area contributed by atoms with Crippen LogP contribution in [0.5, 0.6) is 0 Å². The van der Waals surface area contributed by atoms with Crippen molar-refractivity contribution in [1.29, 1.82) is 0 Å². The Kier molecular flexibility index (Phi) is 12.7. The summed E-state index contributed by atoms with van der Waals surface area (Å²) < 4.78 is 10.7. The minimum atomic E-state index is -1.50. The first-order valence-corrected chi connectivity index (χ1v) is 14.5. The zero-order valence-corrected chi connectivity index (χ0v) is 22.2. The average molecular weight is 518 g/mol. The molecule has 4 atom stereocenters.